The first-order chi connectivity index (χ1) is 4.99. The number of carbonyl (C=O) groups excluding carboxylic acids is 1. The van der Waals surface area contributed by atoms with Crippen LogP contribution in [0.3, 0.4) is 0 Å². The fraction of sp³-hybridized carbons (Fsp3) is 0.500. The molecule has 1 rings (SSSR count). The predicted octanol–water partition coefficient (Wildman–Crippen LogP) is -0.567. The summed E-state index contributed by atoms with van der Waals surface area (Å²) in [7, 11) is -3.04. The van der Waals surface area contributed by atoms with E-state index in [9.17, 15) is 13.2 Å². The van der Waals surface area contributed by atoms with Gasteiger partial charge in [-0.15, -0.1) is 0 Å². The Labute approximate surface area is 65.2 Å². The Bertz CT molecular complexity index is 291. The summed E-state index contributed by atoms with van der Waals surface area (Å²) in [5.41, 5.74) is 0. The lowest BCUT2D eigenvalue weighted by molar-refractivity contribution is -0.119. The second-order valence-electron chi connectivity index (χ2n) is 2.47. The molecule has 0 aromatic rings. The predicted molar refractivity (Wildman–Crippen MR) is 40.5 cm³/mol. The number of sulfone groups is 1. The van der Waals surface area contributed by atoms with E-state index in [2.05, 4.69) is 5.32 Å². The summed E-state index contributed by atoms with van der Waals surface area (Å²) in [6.45, 7) is 1.36. The molecule has 1 atom stereocenters. The summed E-state index contributed by atoms with van der Waals surface area (Å²) in [5, 5.41) is 3.62. The summed E-state index contributed by atoms with van der Waals surface area (Å²) in [6, 6.07) is -0.336. The van der Waals surface area contributed by atoms with E-state index in [4.69, 9.17) is 0 Å². The zero-order chi connectivity index (χ0) is 8.48. The Morgan fingerprint density at radius 1 is 1.64 bits per heavy atom. The smallest absolute Gasteiger partial charge is 0.217 e. The van der Waals surface area contributed by atoms with Crippen molar-refractivity contribution in [3.8, 4) is 0 Å². The van der Waals surface area contributed by atoms with Crippen molar-refractivity contribution in [2.75, 3.05) is 5.75 Å². The van der Waals surface area contributed by atoms with E-state index in [0.717, 1.165) is 5.41 Å². The van der Waals surface area contributed by atoms with Crippen LogP contribution in [-0.4, -0.2) is 26.1 Å². The molecule has 0 radical (unpaired) electrons. The van der Waals surface area contributed by atoms with E-state index in [0.29, 0.717) is 0 Å². The lowest BCUT2D eigenvalue weighted by atomic mass is 10.3. The van der Waals surface area contributed by atoms with Crippen LogP contribution < -0.4 is 5.32 Å². The highest BCUT2D eigenvalue weighted by Crippen LogP contribution is 2.07. The fourth-order valence-corrected chi connectivity index (χ4v) is 2.16. The molecule has 1 N–H and O–H groups in total. The number of amides is 1. The monoisotopic (exact) mass is 175 g/mol. The first-order valence-electron chi connectivity index (χ1n) is 3.18. The minimum Gasteiger partial charge on any atom is -0.349 e. The highest BCUT2D eigenvalue weighted by Gasteiger charge is 2.21. The Kier molecular flexibility index (Phi) is 1.99. The molecule has 0 saturated carbocycles. The number of hydrogen-bond donors (Lipinski definition) is 1. The largest absolute Gasteiger partial charge is 0.349 e. The van der Waals surface area contributed by atoms with Gasteiger partial charge in [0.25, 0.3) is 0 Å². The molecule has 0 aromatic carbocycles. The van der Waals surface area contributed by atoms with Crippen LogP contribution in [-0.2, 0) is 14.6 Å². The molecule has 62 valence electrons. The highest BCUT2D eigenvalue weighted by atomic mass is 32.2. The summed E-state index contributed by atoms with van der Waals surface area (Å²) >= 11 is 0. The fourth-order valence-electron chi connectivity index (χ4n) is 0.927. The van der Waals surface area contributed by atoms with Crippen molar-refractivity contribution in [1.82, 2.24) is 5.32 Å². The molecule has 1 amide bonds. The molecule has 1 aliphatic heterocycles. The third-order valence-corrected chi connectivity index (χ3v) is 2.71. The lowest BCUT2D eigenvalue weighted by Gasteiger charge is -2.05. The van der Waals surface area contributed by atoms with Gasteiger partial charge in [0, 0.05) is 12.3 Å². The van der Waals surface area contributed by atoms with Gasteiger partial charge in [-0.3, -0.25) is 4.79 Å². The Hall–Kier alpha value is -0.840. The van der Waals surface area contributed by atoms with Gasteiger partial charge >= 0.3 is 0 Å². The van der Waals surface area contributed by atoms with Crippen LogP contribution in [0, 0.1) is 0 Å². The van der Waals surface area contributed by atoms with Crippen LogP contribution in [0.5, 0.6) is 0 Å². The molecule has 4 nitrogen and oxygen atoms in total. The van der Waals surface area contributed by atoms with Crippen LogP contribution in [0.15, 0.2) is 11.5 Å². The maximum absolute atomic E-state index is 10.8. The van der Waals surface area contributed by atoms with E-state index in [1.165, 1.54) is 13.0 Å². The zero-order valence-electron chi connectivity index (χ0n) is 6.07. The molecular weight excluding hydrogens is 166 g/mol. The first kappa shape index (κ1) is 8.26. The molecule has 11 heavy (non-hydrogen) atoms. The maximum Gasteiger partial charge on any atom is 0.217 e. The molecule has 0 fully saturated rings. The van der Waals surface area contributed by atoms with Crippen molar-refractivity contribution in [1.29, 1.82) is 0 Å². The van der Waals surface area contributed by atoms with E-state index >= 15 is 0 Å². The average Bonchev–Trinajstić information content (AvgIpc) is 2.08. The molecule has 5 heteroatoms. The number of carbonyl (C=O) groups is 1. The van der Waals surface area contributed by atoms with Gasteiger partial charge in [0.15, 0.2) is 9.84 Å². The van der Waals surface area contributed by atoms with Gasteiger partial charge < -0.3 is 5.32 Å². The molecule has 0 aliphatic carbocycles. The van der Waals surface area contributed by atoms with Crippen molar-refractivity contribution < 1.29 is 13.2 Å². The van der Waals surface area contributed by atoms with Gasteiger partial charge in [-0.25, -0.2) is 8.42 Å². The van der Waals surface area contributed by atoms with Gasteiger partial charge in [0.05, 0.1) is 11.8 Å². The molecule has 1 heterocycles. The van der Waals surface area contributed by atoms with Crippen LogP contribution in [0.1, 0.15) is 6.92 Å². The molecule has 0 saturated heterocycles. The van der Waals surface area contributed by atoms with Crippen molar-refractivity contribution >= 4 is 15.7 Å². The summed E-state index contributed by atoms with van der Waals surface area (Å²) in [5.74, 6) is -0.219. The van der Waals surface area contributed by atoms with Gasteiger partial charge in [0.1, 0.15) is 0 Å². The minimum atomic E-state index is -3.04. The SMILES string of the molecule is CC(=O)N[C@H]1C=CS(=O)(=O)C1. The minimum absolute atomic E-state index is 0.00736. The van der Waals surface area contributed by atoms with E-state index in [-0.39, 0.29) is 17.7 Å². The van der Waals surface area contributed by atoms with Gasteiger partial charge in [0.2, 0.25) is 5.91 Å². The van der Waals surface area contributed by atoms with Crippen molar-refractivity contribution in [2.45, 2.75) is 13.0 Å². The standard InChI is InChI=1S/C6H9NO3S/c1-5(8)7-6-2-3-11(9,10)4-6/h2-3,6H,4H2,1H3,(H,7,8)/t6-/m0/s1. The molecule has 0 bridgehead atoms. The topological polar surface area (TPSA) is 63.2 Å². The Morgan fingerprint density at radius 2 is 2.27 bits per heavy atom. The highest BCUT2D eigenvalue weighted by molar-refractivity contribution is 7.94. The molecule has 1 aliphatic rings. The van der Waals surface area contributed by atoms with Crippen molar-refractivity contribution in [3.05, 3.63) is 11.5 Å². The van der Waals surface area contributed by atoms with Crippen molar-refractivity contribution in [2.24, 2.45) is 0 Å². The first-order valence-corrected chi connectivity index (χ1v) is 4.89. The third kappa shape index (κ3) is 2.34. The van der Waals surface area contributed by atoms with E-state index in [1.807, 2.05) is 0 Å². The van der Waals surface area contributed by atoms with Crippen LogP contribution >= 0.6 is 0 Å². The third-order valence-electron chi connectivity index (χ3n) is 1.32. The number of rotatable bonds is 1. The van der Waals surface area contributed by atoms with Crippen LogP contribution in [0.4, 0.5) is 0 Å². The molecule has 0 spiro atoms. The van der Waals surface area contributed by atoms with Crippen LogP contribution in [0.25, 0.3) is 0 Å². The second-order valence-corrected chi connectivity index (χ2v) is 4.40. The lowest BCUT2D eigenvalue weighted by Crippen LogP contribution is -2.33. The Balaban J connectivity index is 2.58. The van der Waals surface area contributed by atoms with Crippen molar-refractivity contribution in [3.63, 3.8) is 0 Å². The second kappa shape index (κ2) is 2.65. The number of nitrogens with one attached hydrogen (secondary N) is 1. The number of hydrogen-bond acceptors (Lipinski definition) is 3. The summed E-state index contributed by atoms with van der Waals surface area (Å²) in [6.07, 6.45) is 1.48. The average molecular weight is 175 g/mol. The van der Waals surface area contributed by atoms with E-state index in [1.54, 1.807) is 0 Å². The van der Waals surface area contributed by atoms with Gasteiger partial charge in [-0.2, -0.15) is 0 Å². The normalized spacial score (nSPS) is 26.8. The quantitative estimate of drug-likeness (QED) is 0.580. The Morgan fingerprint density at radius 3 is 2.64 bits per heavy atom. The van der Waals surface area contributed by atoms with E-state index < -0.39 is 9.84 Å². The van der Waals surface area contributed by atoms with Gasteiger partial charge in [-0.05, 0) is 6.08 Å². The van der Waals surface area contributed by atoms with Crippen LogP contribution in [0.2, 0.25) is 0 Å². The summed E-state index contributed by atoms with van der Waals surface area (Å²) in [4.78, 5) is 10.5. The summed E-state index contributed by atoms with van der Waals surface area (Å²) < 4.78 is 21.6. The maximum atomic E-state index is 10.8. The molecule has 0 aromatic heterocycles. The zero-order valence-corrected chi connectivity index (χ0v) is 6.89. The molecule has 0 unspecified atom stereocenters. The van der Waals surface area contributed by atoms with Gasteiger partial charge in [-0.1, -0.05) is 0 Å². The molecular formula is C6H9NO3S.